The molecule has 2 atom stereocenters. The van der Waals surface area contributed by atoms with Gasteiger partial charge in [0.15, 0.2) is 0 Å². The Morgan fingerprint density at radius 3 is 2.17 bits per heavy atom. The van der Waals surface area contributed by atoms with Crippen LogP contribution in [-0.4, -0.2) is 30.1 Å². The van der Waals surface area contributed by atoms with Crippen molar-refractivity contribution in [1.29, 1.82) is 0 Å². The fourth-order valence-corrected chi connectivity index (χ4v) is 2.34. The molecule has 74 valence electrons. The van der Waals surface area contributed by atoms with E-state index in [1.54, 1.807) is 0 Å². The highest BCUT2D eigenvalue weighted by Crippen LogP contribution is 2.25. The van der Waals surface area contributed by atoms with Crippen LogP contribution < -0.4 is 5.73 Å². The highest BCUT2D eigenvalue weighted by atomic mass is 35.5. The minimum Gasteiger partial charge on any atom is -0.326 e. The van der Waals surface area contributed by atoms with E-state index in [1.165, 1.54) is 38.8 Å². The summed E-state index contributed by atoms with van der Waals surface area (Å²) in [6, 6.07) is 1.23. The van der Waals surface area contributed by atoms with Gasteiger partial charge >= 0.3 is 0 Å². The first-order chi connectivity index (χ1) is 4.88. The Morgan fingerprint density at radius 2 is 1.58 bits per heavy atom. The van der Waals surface area contributed by atoms with E-state index < -0.39 is 0 Å². The van der Waals surface area contributed by atoms with Crippen LogP contribution in [0.15, 0.2) is 0 Å². The van der Waals surface area contributed by atoms with Gasteiger partial charge in [-0.25, -0.2) is 0 Å². The van der Waals surface area contributed by atoms with Gasteiger partial charge < -0.3 is 5.73 Å². The zero-order chi connectivity index (χ0) is 6.97. The molecule has 0 spiro atoms. The highest BCUT2D eigenvalue weighted by Gasteiger charge is 2.31. The van der Waals surface area contributed by atoms with Crippen molar-refractivity contribution >= 4 is 24.8 Å². The van der Waals surface area contributed by atoms with E-state index in [2.05, 4.69) is 4.90 Å². The Hall–Kier alpha value is 0.500. The monoisotopic (exact) mass is 212 g/mol. The van der Waals surface area contributed by atoms with Gasteiger partial charge in [0.2, 0.25) is 0 Å². The summed E-state index contributed by atoms with van der Waals surface area (Å²) in [5, 5.41) is 0. The summed E-state index contributed by atoms with van der Waals surface area (Å²) in [6.07, 6.45) is 5.29. The number of nitrogens with two attached hydrogens (primary N) is 1. The van der Waals surface area contributed by atoms with Crippen molar-refractivity contribution in [3.05, 3.63) is 0 Å². The molecule has 2 N–H and O–H groups in total. The number of piperidine rings is 1. The molecule has 0 aromatic heterocycles. The van der Waals surface area contributed by atoms with Crippen molar-refractivity contribution in [3.8, 4) is 0 Å². The van der Waals surface area contributed by atoms with Crippen LogP contribution in [0.3, 0.4) is 0 Å². The molecule has 0 unspecified atom stereocenters. The number of fused-ring (bicyclic) bond motifs is 1. The summed E-state index contributed by atoms with van der Waals surface area (Å²) in [7, 11) is 0. The number of rotatable bonds is 0. The summed E-state index contributed by atoms with van der Waals surface area (Å²) in [5.74, 6) is 0. The van der Waals surface area contributed by atoms with Gasteiger partial charge in [-0.05, 0) is 38.8 Å². The fraction of sp³-hybridized carbons (Fsp3) is 1.00. The molecule has 0 bridgehead atoms. The second-order valence-corrected chi connectivity index (χ2v) is 3.55. The normalized spacial score (nSPS) is 34.8. The van der Waals surface area contributed by atoms with Gasteiger partial charge in [-0.15, -0.1) is 24.8 Å². The first-order valence-corrected chi connectivity index (χ1v) is 4.37. The molecule has 2 fully saturated rings. The lowest BCUT2D eigenvalue weighted by Gasteiger charge is -2.34. The lowest BCUT2D eigenvalue weighted by Crippen LogP contribution is -2.48. The minimum absolute atomic E-state index is 0. The predicted molar refractivity (Wildman–Crippen MR) is 56.3 cm³/mol. The molecule has 2 saturated heterocycles. The van der Waals surface area contributed by atoms with E-state index in [-0.39, 0.29) is 24.8 Å². The number of halogens is 2. The maximum Gasteiger partial charge on any atom is 0.0247 e. The highest BCUT2D eigenvalue weighted by molar-refractivity contribution is 5.85. The van der Waals surface area contributed by atoms with Gasteiger partial charge in [0.25, 0.3) is 0 Å². The SMILES string of the molecule is Cl.Cl.N[C@@H]1CCCN2CCC[C@H]12. The van der Waals surface area contributed by atoms with Crippen molar-refractivity contribution in [3.63, 3.8) is 0 Å². The molecule has 2 heterocycles. The summed E-state index contributed by atoms with van der Waals surface area (Å²) in [5.41, 5.74) is 5.98. The van der Waals surface area contributed by atoms with Gasteiger partial charge in [0, 0.05) is 12.1 Å². The van der Waals surface area contributed by atoms with Crippen LogP contribution in [0.5, 0.6) is 0 Å². The number of hydrogen-bond donors (Lipinski definition) is 1. The maximum absolute atomic E-state index is 5.98. The topological polar surface area (TPSA) is 29.3 Å². The lowest BCUT2D eigenvalue weighted by molar-refractivity contribution is 0.174. The number of hydrogen-bond acceptors (Lipinski definition) is 2. The van der Waals surface area contributed by atoms with Crippen molar-refractivity contribution in [2.75, 3.05) is 13.1 Å². The second-order valence-electron chi connectivity index (χ2n) is 3.55. The Bertz CT molecular complexity index is 132. The first kappa shape index (κ1) is 12.5. The van der Waals surface area contributed by atoms with Crippen LogP contribution in [0.1, 0.15) is 25.7 Å². The second kappa shape index (κ2) is 5.28. The molecule has 0 saturated carbocycles. The van der Waals surface area contributed by atoms with Gasteiger partial charge in [-0.2, -0.15) is 0 Å². The molecule has 4 heteroatoms. The summed E-state index contributed by atoms with van der Waals surface area (Å²) in [6.45, 7) is 2.61. The standard InChI is InChI=1S/C8H16N2.2ClH/c9-7-3-1-5-10-6-2-4-8(7)10;;/h7-8H,1-6,9H2;2*1H/t7-,8-;;/m1../s1. The van der Waals surface area contributed by atoms with E-state index in [9.17, 15) is 0 Å². The van der Waals surface area contributed by atoms with Crippen LogP contribution in [0, 0.1) is 0 Å². The third-order valence-electron chi connectivity index (χ3n) is 2.89. The summed E-state index contributed by atoms with van der Waals surface area (Å²) >= 11 is 0. The fourth-order valence-electron chi connectivity index (χ4n) is 2.34. The lowest BCUT2D eigenvalue weighted by atomic mass is 9.98. The molecular formula is C8H18Cl2N2. The Balaban J connectivity index is 0.000000605. The van der Waals surface area contributed by atoms with Crippen molar-refractivity contribution < 1.29 is 0 Å². The van der Waals surface area contributed by atoms with Gasteiger partial charge in [0.1, 0.15) is 0 Å². The molecule has 0 radical (unpaired) electrons. The third-order valence-corrected chi connectivity index (χ3v) is 2.89. The van der Waals surface area contributed by atoms with E-state index >= 15 is 0 Å². The zero-order valence-corrected chi connectivity index (χ0v) is 8.87. The van der Waals surface area contributed by atoms with Crippen molar-refractivity contribution in [1.82, 2.24) is 4.90 Å². The van der Waals surface area contributed by atoms with E-state index in [1.807, 2.05) is 0 Å². The van der Waals surface area contributed by atoms with Gasteiger partial charge in [-0.1, -0.05) is 0 Å². The predicted octanol–water partition coefficient (Wildman–Crippen LogP) is 1.42. The van der Waals surface area contributed by atoms with Gasteiger partial charge in [-0.3, -0.25) is 4.90 Å². The molecule has 0 aromatic carbocycles. The Morgan fingerprint density at radius 1 is 1.00 bits per heavy atom. The van der Waals surface area contributed by atoms with Gasteiger partial charge in [0.05, 0.1) is 0 Å². The smallest absolute Gasteiger partial charge is 0.0247 e. The van der Waals surface area contributed by atoms with E-state index in [4.69, 9.17) is 5.73 Å². The maximum atomic E-state index is 5.98. The molecule has 2 nitrogen and oxygen atoms in total. The average Bonchev–Trinajstić information content (AvgIpc) is 2.36. The zero-order valence-electron chi connectivity index (χ0n) is 7.24. The van der Waals surface area contributed by atoms with Crippen LogP contribution in [0.25, 0.3) is 0 Å². The molecule has 2 rings (SSSR count). The molecule has 12 heavy (non-hydrogen) atoms. The molecule has 2 aliphatic heterocycles. The Kier molecular flexibility index (Phi) is 5.50. The van der Waals surface area contributed by atoms with Crippen LogP contribution in [-0.2, 0) is 0 Å². The first-order valence-electron chi connectivity index (χ1n) is 4.37. The van der Waals surface area contributed by atoms with E-state index in [0.717, 1.165) is 6.04 Å². The largest absolute Gasteiger partial charge is 0.326 e. The summed E-state index contributed by atoms with van der Waals surface area (Å²) in [4.78, 5) is 2.56. The molecule has 0 aliphatic carbocycles. The number of nitrogens with zero attached hydrogens (tertiary/aromatic N) is 1. The van der Waals surface area contributed by atoms with Crippen LogP contribution in [0.4, 0.5) is 0 Å². The summed E-state index contributed by atoms with van der Waals surface area (Å²) < 4.78 is 0. The van der Waals surface area contributed by atoms with Crippen LogP contribution >= 0.6 is 24.8 Å². The molecule has 0 amide bonds. The van der Waals surface area contributed by atoms with Crippen molar-refractivity contribution in [2.24, 2.45) is 5.73 Å². The average molecular weight is 213 g/mol. The van der Waals surface area contributed by atoms with Crippen molar-refractivity contribution in [2.45, 2.75) is 37.8 Å². The molecular weight excluding hydrogens is 195 g/mol. The van der Waals surface area contributed by atoms with Crippen LogP contribution in [0.2, 0.25) is 0 Å². The van der Waals surface area contributed by atoms with E-state index in [0.29, 0.717) is 6.04 Å². The molecule has 0 aromatic rings. The quantitative estimate of drug-likeness (QED) is 0.659. The Labute approximate surface area is 86.7 Å². The third kappa shape index (κ3) is 2.25. The molecule has 2 aliphatic rings. The minimum atomic E-state index is 0.